The number of para-hydroxylation sites is 1. The Morgan fingerprint density at radius 3 is 2.43 bits per heavy atom. The van der Waals surface area contributed by atoms with Crippen molar-refractivity contribution in [1.82, 2.24) is 0 Å². The lowest BCUT2D eigenvalue weighted by atomic mass is 10.3. The van der Waals surface area contributed by atoms with Crippen LogP contribution in [0.4, 0.5) is 5.69 Å². The summed E-state index contributed by atoms with van der Waals surface area (Å²) < 4.78 is 21.7. The smallest absolute Gasteiger partial charge is 0.172 e. The first-order valence-corrected chi connectivity index (χ1v) is 5.92. The highest BCUT2D eigenvalue weighted by Crippen LogP contribution is 2.06. The highest BCUT2D eigenvalue weighted by Gasteiger charge is 1.98. The summed E-state index contributed by atoms with van der Waals surface area (Å²) in [6, 6.07) is 9.11. The van der Waals surface area contributed by atoms with Gasteiger partial charge in [-0.3, -0.25) is 0 Å². The predicted molar refractivity (Wildman–Crippen MR) is 57.2 cm³/mol. The molecule has 0 aromatic heterocycles. The van der Waals surface area contributed by atoms with Crippen LogP contribution in [0.1, 0.15) is 0 Å². The van der Waals surface area contributed by atoms with Crippen LogP contribution < -0.4 is 11.1 Å². The normalized spacial score (nSPS) is 12.5. The van der Waals surface area contributed by atoms with E-state index < -0.39 is 9.84 Å². The minimum atomic E-state index is -3.19. The van der Waals surface area contributed by atoms with E-state index in [0.29, 0.717) is 0 Å². The Morgan fingerprint density at radius 1 is 1.36 bits per heavy atom. The quantitative estimate of drug-likeness (QED) is 0.780. The monoisotopic (exact) mass is 212 g/mol. The Kier molecular flexibility index (Phi) is 3.14. The Labute approximate surface area is 83.4 Å². The summed E-state index contributed by atoms with van der Waals surface area (Å²) in [6.45, 7) is 0. The predicted octanol–water partition coefficient (Wildman–Crippen LogP) is 0.901. The molecule has 0 radical (unpaired) electrons. The summed E-state index contributed by atoms with van der Waals surface area (Å²) in [6.07, 6.45) is 1.09. The molecule has 5 heteroatoms. The number of anilines is 1. The molecule has 0 heterocycles. The van der Waals surface area contributed by atoms with Crippen molar-refractivity contribution < 1.29 is 8.42 Å². The largest absolute Gasteiger partial charge is 0.385 e. The van der Waals surface area contributed by atoms with Gasteiger partial charge >= 0.3 is 0 Å². The van der Waals surface area contributed by atoms with E-state index in [1.54, 1.807) is 12.1 Å². The van der Waals surface area contributed by atoms with E-state index >= 15 is 0 Å². The molecule has 3 N–H and O–H groups in total. The third kappa shape index (κ3) is 3.95. The number of nitrogens with one attached hydrogen (secondary N) is 1. The third-order valence-corrected chi connectivity index (χ3v) is 2.09. The Bertz CT molecular complexity index is 423. The molecule has 0 unspecified atom stereocenters. The van der Waals surface area contributed by atoms with Gasteiger partial charge in [-0.15, -0.1) is 0 Å². The molecule has 1 aromatic rings. The van der Waals surface area contributed by atoms with E-state index in [4.69, 9.17) is 5.73 Å². The lowest BCUT2D eigenvalue weighted by Gasteiger charge is -2.04. The molecular weight excluding hydrogens is 200 g/mol. The van der Waals surface area contributed by atoms with Gasteiger partial charge in [-0.25, -0.2) is 8.42 Å². The average Bonchev–Trinajstić information content (AvgIpc) is 2.02. The van der Waals surface area contributed by atoms with Crippen LogP contribution in [-0.4, -0.2) is 14.7 Å². The van der Waals surface area contributed by atoms with Crippen LogP contribution in [-0.2, 0) is 9.84 Å². The van der Waals surface area contributed by atoms with E-state index in [-0.39, 0.29) is 5.82 Å². The molecule has 0 fully saturated rings. The van der Waals surface area contributed by atoms with Gasteiger partial charge < -0.3 is 11.1 Å². The van der Waals surface area contributed by atoms with Gasteiger partial charge in [0.15, 0.2) is 9.84 Å². The Morgan fingerprint density at radius 2 is 1.93 bits per heavy atom. The van der Waals surface area contributed by atoms with Crippen LogP contribution in [0.2, 0.25) is 0 Å². The maximum absolute atomic E-state index is 10.8. The Hall–Kier alpha value is -1.49. The molecule has 0 spiro atoms. The fourth-order valence-corrected chi connectivity index (χ4v) is 1.47. The van der Waals surface area contributed by atoms with E-state index in [2.05, 4.69) is 5.32 Å². The molecule has 1 rings (SSSR count). The maximum atomic E-state index is 10.8. The molecule has 0 atom stereocenters. The molecule has 0 aliphatic rings. The van der Waals surface area contributed by atoms with Gasteiger partial charge in [-0.05, 0) is 12.1 Å². The highest BCUT2D eigenvalue weighted by atomic mass is 32.2. The lowest BCUT2D eigenvalue weighted by molar-refractivity contribution is 0.610. The van der Waals surface area contributed by atoms with Crippen LogP contribution in [0.15, 0.2) is 41.6 Å². The number of hydrogen-bond acceptors (Lipinski definition) is 4. The zero-order valence-electron chi connectivity index (χ0n) is 7.77. The van der Waals surface area contributed by atoms with Crippen LogP contribution in [0.3, 0.4) is 0 Å². The van der Waals surface area contributed by atoms with E-state index in [0.717, 1.165) is 17.4 Å². The fourth-order valence-electron chi connectivity index (χ4n) is 0.948. The molecule has 0 aliphatic heterocycles. The number of benzene rings is 1. The highest BCUT2D eigenvalue weighted by molar-refractivity contribution is 7.93. The van der Waals surface area contributed by atoms with Crippen molar-refractivity contribution in [3.8, 4) is 0 Å². The summed E-state index contributed by atoms with van der Waals surface area (Å²) in [5.74, 6) is 0.110. The van der Waals surface area contributed by atoms with Crippen molar-refractivity contribution in [2.75, 3.05) is 11.6 Å². The fraction of sp³-hybridized carbons (Fsp3) is 0.111. The summed E-state index contributed by atoms with van der Waals surface area (Å²) >= 11 is 0. The van der Waals surface area contributed by atoms with Crippen molar-refractivity contribution in [2.24, 2.45) is 5.73 Å². The van der Waals surface area contributed by atoms with Crippen molar-refractivity contribution in [3.05, 3.63) is 41.6 Å². The van der Waals surface area contributed by atoms with Gasteiger partial charge in [0.25, 0.3) is 0 Å². The zero-order chi connectivity index (χ0) is 10.6. The van der Waals surface area contributed by atoms with Gasteiger partial charge in [-0.2, -0.15) is 0 Å². The molecule has 14 heavy (non-hydrogen) atoms. The molecule has 0 bridgehead atoms. The molecule has 0 aliphatic carbocycles. The van der Waals surface area contributed by atoms with E-state index in [1.807, 2.05) is 18.2 Å². The van der Waals surface area contributed by atoms with Crippen molar-refractivity contribution in [1.29, 1.82) is 0 Å². The second kappa shape index (κ2) is 4.15. The van der Waals surface area contributed by atoms with Crippen LogP contribution >= 0.6 is 0 Å². The lowest BCUT2D eigenvalue weighted by Crippen LogP contribution is -2.11. The van der Waals surface area contributed by atoms with Gasteiger partial charge in [0.05, 0.1) is 5.41 Å². The Balaban J connectivity index is 2.77. The van der Waals surface area contributed by atoms with Crippen LogP contribution in [0.25, 0.3) is 0 Å². The zero-order valence-corrected chi connectivity index (χ0v) is 8.58. The minimum absolute atomic E-state index is 0.110. The van der Waals surface area contributed by atoms with Crippen LogP contribution in [0, 0.1) is 0 Å². The first-order chi connectivity index (χ1) is 6.47. The topological polar surface area (TPSA) is 72.2 Å². The first-order valence-electron chi connectivity index (χ1n) is 3.97. The summed E-state index contributed by atoms with van der Waals surface area (Å²) in [5, 5.41) is 3.74. The number of rotatable bonds is 3. The van der Waals surface area contributed by atoms with Crippen molar-refractivity contribution >= 4 is 15.5 Å². The van der Waals surface area contributed by atoms with Gasteiger partial charge in [0.1, 0.15) is 5.82 Å². The molecule has 1 aromatic carbocycles. The first kappa shape index (κ1) is 10.6. The SMILES string of the molecule is CS(=O)(=O)/C=C(\N)Nc1ccccc1. The van der Waals surface area contributed by atoms with Crippen molar-refractivity contribution in [2.45, 2.75) is 0 Å². The molecule has 0 amide bonds. The van der Waals surface area contributed by atoms with E-state index in [1.165, 1.54) is 0 Å². The number of nitrogens with two attached hydrogens (primary N) is 1. The van der Waals surface area contributed by atoms with Gasteiger partial charge in [0, 0.05) is 11.9 Å². The summed E-state index contributed by atoms with van der Waals surface area (Å²) in [7, 11) is -3.19. The molecule has 76 valence electrons. The molecular formula is C9H12N2O2S. The van der Waals surface area contributed by atoms with Gasteiger partial charge in [-0.1, -0.05) is 18.2 Å². The minimum Gasteiger partial charge on any atom is -0.385 e. The maximum Gasteiger partial charge on any atom is 0.172 e. The number of sulfone groups is 1. The summed E-state index contributed by atoms with van der Waals surface area (Å²) in [5.41, 5.74) is 6.22. The molecule has 4 nitrogen and oxygen atoms in total. The second-order valence-corrected chi connectivity index (χ2v) is 4.79. The van der Waals surface area contributed by atoms with E-state index in [9.17, 15) is 8.42 Å². The number of hydrogen-bond donors (Lipinski definition) is 2. The molecule has 0 saturated heterocycles. The average molecular weight is 212 g/mol. The van der Waals surface area contributed by atoms with Crippen molar-refractivity contribution in [3.63, 3.8) is 0 Å². The van der Waals surface area contributed by atoms with Gasteiger partial charge in [0.2, 0.25) is 0 Å². The molecule has 0 saturated carbocycles. The van der Waals surface area contributed by atoms with Crippen LogP contribution in [0.5, 0.6) is 0 Å². The third-order valence-electron chi connectivity index (χ3n) is 1.40. The standard InChI is InChI=1S/C9H12N2O2S/c1-14(12,13)7-9(10)11-8-5-3-2-4-6-8/h2-7,11H,10H2,1H3/b9-7+. The summed E-state index contributed by atoms with van der Waals surface area (Å²) in [4.78, 5) is 0. The second-order valence-electron chi connectivity index (χ2n) is 2.89.